The van der Waals surface area contributed by atoms with Crippen molar-refractivity contribution in [3.05, 3.63) is 34.9 Å². The van der Waals surface area contributed by atoms with Crippen molar-refractivity contribution in [2.24, 2.45) is 28.6 Å². The third kappa shape index (κ3) is 4.00. The Morgan fingerprint density at radius 1 is 1.18 bits per heavy atom. The fourth-order valence-electron chi connectivity index (χ4n) is 7.87. The van der Waals surface area contributed by atoms with Crippen molar-refractivity contribution in [2.75, 3.05) is 6.61 Å². The van der Waals surface area contributed by atoms with Crippen LogP contribution in [-0.4, -0.2) is 63.1 Å². The van der Waals surface area contributed by atoms with Crippen LogP contribution >= 0.6 is 0 Å². The van der Waals surface area contributed by atoms with E-state index in [0.29, 0.717) is 17.6 Å². The van der Waals surface area contributed by atoms with Gasteiger partial charge in [-0.3, -0.25) is 9.59 Å². The molecule has 0 amide bonds. The molecule has 4 aliphatic rings. The highest BCUT2D eigenvalue weighted by Crippen LogP contribution is 2.75. The summed E-state index contributed by atoms with van der Waals surface area (Å²) in [6.45, 7) is 12.4. The lowest BCUT2D eigenvalue weighted by molar-refractivity contribution is -0.192. The summed E-state index contributed by atoms with van der Waals surface area (Å²) in [7, 11) is 0. The van der Waals surface area contributed by atoms with E-state index in [1.54, 1.807) is 39.0 Å². The standard InChI is InChI=1S/C31H44O8/c1-8-10-11-12-22(32)39-30-15-19(5)29-14-18(4)24(33)31(29,37)25(34)20(16-38-27(36)17(3)9-2)13-21(26(29)35)23(30)28(30,6)7/h9,13-14,19,21,23-25,33-34,37H,8,10-12,15-16H2,1-7H3/b17-9+/t19?,21-,23+,24-,25+,29?,30-,31+/m0/s1. The number of ketones is 1. The number of esters is 2. The smallest absolute Gasteiger partial charge is 0.333 e. The number of Topliss-reactive ketones (excluding diaryl/α,β-unsaturated/α-hetero) is 1. The van der Waals surface area contributed by atoms with Gasteiger partial charge in [0.25, 0.3) is 0 Å². The first-order chi connectivity index (χ1) is 18.2. The third-order valence-corrected chi connectivity index (χ3v) is 10.3. The van der Waals surface area contributed by atoms with E-state index < -0.39 is 58.0 Å². The van der Waals surface area contributed by atoms with Crippen molar-refractivity contribution in [3.8, 4) is 0 Å². The topological polar surface area (TPSA) is 130 Å². The van der Waals surface area contributed by atoms with Crippen molar-refractivity contribution in [3.63, 3.8) is 0 Å². The lowest BCUT2D eigenvalue weighted by Crippen LogP contribution is -2.65. The Labute approximate surface area is 231 Å². The fourth-order valence-corrected chi connectivity index (χ4v) is 7.87. The van der Waals surface area contributed by atoms with Gasteiger partial charge in [-0.15, -0.1) is 0 Å². The Morgan fingerprint density at radius 3 is 2.46 bits per heavy atom. The number of rotatable bonds is 8. The zero-order valence-corrected chi connectivity index (χ0v) is 24.2. The molecule has 8 heteroatoms. The molecule has 0 aliphatic heterocycles. The van der Waals surface area contributed by atoms with Crippen LogP contribution in [0.15, 0.2) is 34.9 Å². The molecule has 1 spiro atoms. The van der Waals surface area contributed by atoms with Gasteiger partial charge in [-0.1, -0.05) is 58.8 Å². The maximum atomic E-state index is 14.6. The van der Waals surface area contributed by atoms with Gasteiger partial charge in [-0.2, -0.15) is 0 Å². The highest BCUT2D eigenvalue weighted by atomic mass is 16.6. The van der Waals surface area contributed by atoms with Crippen LogP contribution in [0.5, 0.6) is 0 Å². The number of aliphatic hydroxyl groups is 3. The maximum absolute atomic E-state index is 14.6. The van der Waals surface area contributed by atoms with Gasteiger partial charge in [0.2, 0.25) is 0 Å². The molecule has 8 nitrogen and oxygen atoms in total. The van der Waals surface area contributed by atoms with Crippen LogP contribution in [0.4, 0.5) is 0 Å². The van der Waals surface area contributed by atoms with Crippen molar-refractivity contribution >= 4 is 17.7 Å². The summed E-state index contributed by atoms with van der Waals surface area (Å²) < 4.78 is 11.7. The van der Waals surface area contributed by atoms with Crippen LogP contribution in [0.1, 0.15) is 80.6 Å². The van der Waals surface area contributed by atoms with Gasteiger partial charge < -0.3 is 24.8 Å². The summed E-state index contributed by atoms with van der Waals surface area (Å²) in [6, 6.07) is 0. The first-order valence-electron chi connectivity index (χ1n) is 14.2. The molecule has 2 fully saturated rings. The lowest BCUT2D eigenvalue weighted by atomic mass is 9.59. The summed E-state index contributed by atoms with van der Waals surface area (Å²) in [5.74, 6) is -3.02. The fraction of sp³-hybridized carbons (Fsp3) is 0.710. The van der Waals surface area contributed by atoms with E-state index in [-0.39, 0.29) is 30.4 Å². The minimum Gasteiger partial charge on any atom is -0.458 e. The van der Waals surface area contributed by atoms with Crippen molar-refractivity contribution in [2.45, 2.75) is 104 Å². The van der Waals surface area contributed by atoms with E-state index >= 15 is 0 Å². The second kappa shape index (κ2) is 9.96. The quantitative estimate of drug-likeness (QED) is 0.183. The molecule has 0 aromatic carbocycles. The Kier molecular flexibility index (Phi) is 7.58. The van der Waals surface area contributed by atoms with E-state index in [4.69, 9.17) is 9.47 Å². The monoisotopic (exact) mass is 544 g/mol. The second-order valence-electron chi connectivity index (χ2n) is 12.7. The molecular weight excluding hydrogens is 500 g/mol. The minimum absolute atomic E-state index is 0.150. The number of fused-ring (bicyclic) bond motifs is 3. The van der Waals surface area contributed by atoms with Gasteiger partial charge in [0.05, 0.1) is 5.41 Å². The molecule has 0 radical (unpaired) electrons. The summed E-state index contributed by atoms with van der Waals surface area (Å²) in [4.78, 5) is 40.0. The van der Waals surface area contributed by atoms with Crippen molar-refractivity contribution in [1.29, 1.82) is 0 Å². The minimum atomic E-state index is -2.27. The Bertz CT molecular complexity index is 1150. The van der Waals surface area contributed by atoms with Gasteiger partial charge in [0.1, 0.15) is 30.0 Å². The van der Waals surface area contributed by atoms with Gasteiger partial charge in [0.15, 0.2) is 5.78 Å². The summed E-state index contributed by atoms with van der Waals surface area (Å²) in [5, 5.41) is 35.1. The van der Waals surface area contributed by atoms with Gasteiger partial charge in [0, 0.05) is 29.2 Å². The molecule has 0 aromatic rings. The van der Waals surface area contributed by atoms with Gasteiger partial charge >= 0.3 is 11.9 Å². The molecule has 0 saturated heterocycles. The number of hydrogen-bond acceptors (Lipinski definition) is 8. The second-order valence-corrected chi connectivity index (χ2v) is 12.7. The molecule has 8 atom stereocenters. The lowest BCUT2D eigenvalue weighted by Gasteiger charge is -2.48. The predicted molar refractivity (Wildman–Crippen MR) is 144 cm³/mol. The molecule has 4 rings (SSSR count). The van der Waals surface area contributed by atoms with Crippen LogP contribution in [0, 0.1) is 28.6 Å². The molecule has 4 aliphatic carbocycles. The van der Waals surface area contributed by atoms with E-state index in [1.807, 2.05) is 20.8 Å². The van der Waals surface area contributed by atoms with Crippen LogP contribution in [-0.2, 0) is 23.9 Å². The number of aliphatic hydroxyl groups excluding tert-OH is 2. The molecule has 0 aromatic heterocycles. The Balaban J connectivity index is 1.82. The highest BCUT2D eigenvalue weighted by molar-refractivity contribution is 5.96. The van der Waals surface area contributed by atoms with E-state index in [9.17, 15) is 29.7 Å². The normalized spacial score (nSPS) is 40.4. The zero-order chi connectivity index (χ0) is 29.1. The van der Waals surface area contributed by atoms with Gasteiger partial charge in [-0.25, -0.2) is 4.79 Å². The highest BCUT2D eigenvalue weighted by Gasteiger charge is 2.83. The predicted octanol–water partition coefficient (Wildman–Crippen LogP) is 3.58. The number of carbonyl (C=O) groups excluding carboxylic acids is 3. The van der Waals surface area contributed by atoms with E-state index in [2.05, 4.69) is 6.92 Å². The summed E-state index contributed by atoms with van der Waals surface area (Å²) >= 11 is 0. The summed E-state index contributed by atoms with van der Waals surface area (Å²) in [5.41, 5.74) is -4.47. The largest absolute Gasteiger partial charge is 0.458 e. The molecule has 39 heavy (non-hydrogen) atoms. The van der Waals surface area contributed by atoms with E-state index in [1.165, 1.54) is 0 Å². The van der Waals surface area contributed by atoms with E-state index in [0.717, 1.165) is 19.3 Å². The average molecular weight is 545 g/mol. The summed E-state index contributed by atoms with van der Waals surface area (Å²) in [6.07, 6.45) is 4.84. The first kappa shape index (κ1) is 29.7. The van der Waals surface area contributed by atoms with Crippen molar-refractivity contribution in [1.82, 2.24) is 0 Å². The maximum Gasteiger partial charge on any atom is 0.333 e. The Hall–Kier alpha value is -2.29. The van der Waals surface area contributed by atoms with Crippen molar-refractivity contribution < 1.29 is 39.2 Å². The molecule has 3 N–H and O–H groups in total. The van der Waals surface area contributed by atoms with Crippen LogP contribution in [0.3, 0.4) is 0 Å². The van der Waals surface area contributed by atoms with Crippen LogP contribution in [0.25, 0.3) is 0 Å². The zero-order valence-electron chi connectivity index (χ0n) is 24.2. The first-order valence-corrected chi connectivity index (χ1v) is 14.2. The number of allylic oxidation sites excluding steroid dienone is 2. The molecule has 2 saturated carbocycles. The number of hydrogen-bond donors (Lipinski definition) is 3. The van der Waals surface area contributed by atoms with Gasteiger partial charge in [-0.05, 0) is 50.7 Å². The third-order valence-electron chi connectivity index (χ3n) is 10.3. The Morgan fingerprint density at radius 2 is 1.85 bits per heavy atom. The number of ether oxygens (including phenoxy) is 2. The van der Waals surface area contributed by atoms with Crippen LogP contribution in [0.2, 0.25) is 0 Å². The molecule has 216 valence electrons. The SMILES string of the molecule is C/C=C(\C)C(=O)OCC1=C[C@@H]2C(=O)C3(C=C(C)[C@H](O)[C@@]3(O)[C@@H]1O)C(C)C[C@]1(OC(=O)CCCCC)[C@H]2C1(C)C. The number of unbranched alkanes of at least 4 members (excludes halogenated alkanes) is 2. The molecule has 0 heterocycles. The average Bonchev–Trinajstić information content (AvgIpc) is 3.29. The molecule has 2 unspecified atom stereocenters. The molecule has 2 bridgehead atoms. The molecular formula is C31H44O8. The number of carbonyl (C=O) groups is 3. The van der Waals surface area contributed by atoms with Crippen LogP contribution < -0.4 is 0 Å².